The fourth-order valence-electron chi connectivity index (χ4n) is 0.342. The lowest BCUT2D eigenvalue weighted by atomic mass is 9.99. The smallest absolute Gasteiger partial charge is 0.0730 e. The van der Waals surface area contributed by atoms with E-state index in [0.29, 0.717) is 0 Å². The van der Waals surface area contributed by atoms with Crippen LogP contribution < -0.4 is 5.48 Å². The highest BCUT2D eigenvalue weighted by atomic mass is 16.6. The van der Waals surface area contributed by atoms with E-state index in [-0.39, 0.29) is 5.41 Å². The van der Waals surface area contributed by atoms with Crippen molar-refractivity contribution in [2.24, 2.45) is 5.41 Å². The van der Waals surface area contributed by atoms with Crippen molar-refractivity contribution < 1.29 is 4.84 Å². The van der Waals surface area contributed by atoms with Crippen LogP contribution in [-0.2, 0) is 4.84 Å². The van der Waals surface area contributed by atoms with Crippen molar-refractivity contribution in [3.05, 3.63) is 6.54 Å². The van der Waals surface area contributed by atoms with E-state index in [0.717, 1.165) is 6.61 Å². The van der Waals surface area contributed by atoms with E-state index in [9.17, 15) is 0 Å². The van der Waals surface area contributed by atoms with E-state index in [1.807, 2.05) is 6.92 Å². The van der Waals surface area contributed by atoms with E-state index < -0.39 is 0 Å². The number of hydroxylamine groups is 1. The van der Waals surface area contributed by atoms with Crippen LogP contribution in [-0.4, -0.2) is 6.61 Å². The van der Waals surface area contributed by atoms with E-state index in [2.05, 4.69) is 26.3 Å². The molecule has 0 aliphatic heterocycles. The van der Waals surface area contributed by atoms with Crippen LogP contribution in [0.2, 0.25) is 0 Å². The first-order valence-corrected chi connectivity index (χ1v) is 3.21. The zero-order valence-corrected chi connectivity index (χ0v) is 6.69. The van der Waals surface area contributed by atoms with Gasteiger partial charge >= 0.3 is 0 Å². The summed E-state index contributed by atoms with van der Waals surface area (Å²) in [7, 11) is 0. The average molecular weight is 130 g/mol. The molecule has 0 spiro atoms. The summed E-state index contributed by atoms with van der Waals surface area (Å²) in [5.41, 5.74) is 2.93. The minimum atomic E-state index is 0.246. The monoisotopic (exact) mass is 130 g/mol. The van der Waals surface area contributed by atoms with E-state index in [4.69, 9.17) is 4.84 Å². The lowest BCUT2D eigenvalue weighted by Gasteiger charge is -2.17. The van der Waals surface area contributed by atoms with Crippen LogP contribution in [0.1, 0.15) is 27.7 Å². The molecule has 0 aliphatic carbocycles. The summed E-state index contributed by atoms with van der Waals surface area (Å²) in [4.78, 5) is 5.04. The van der Waals surface area contributed by atoms with Gasteiger partial charge in [0.25, 0.3) is 0 Å². The second-order valence-electron chi connectivity index (χ2n) is 3.26. The fraction of sp³-hybridized carbons (Fsp3) is 0.857. The maximum absolute atomic E-state index is 5.04. The molecule has 2 nitrogen and oxygen atoms in total. The molecule has 0 aromatic rings. The summed E-state index contributed by atoms with van der Waals surface area (Å²) in [5.74, 6) is 0. The Hall–Kier alpha value is -0.0800. The van der Waals surface area contributed by atoms with Crippen LogP contribution in [0.3, 0.4) is 0 Å². The molecule has 1 radical (unpaired) electrons. The van der Waals surface area contributed by atoms with E-state index >= 15 is 0 Å². The summed E-state index contributed by atoms with van der Waals surface area (Å²) >= 11 is 0. The largest absolute Gasteiger partial charge is 0.301 e. The highest BCUT2D eigenvalue weighted by Crippen LogP contribution is 2.11. The first kappa shape index (κ1) is 8.92. The van der Waals surface area contributed by atoms with E-state index in [1.165, 1.54) is 0 Å². The molecule has 0 bridgehead atoms. The third kappa shape index (κ3) is 7.92. The van der Waals surface area contributed by atoms with Gasteiger partial charge in [-0.25, -0.2) is 0 Å². The molecule has 0 saturated carbocycles. The third-order valence-corrected chi connectivity index (χ3v) is 0.706. The van der Waals surface area contributed by atoms with Crippen molar-refractivity contribution in [1.82, 2.24) is 5.48 Å². The van der Waals surface area contributed by atoms with E-state index in [1.54, 1.807) is 6.54 Å². The van der Waals surface area contributed by atoms with Crippen molar-refractivity contribution in [3.63, 3.8) is 0 Å². The standard InChI is InChI=1S/C7H16NO/c1-5-8-9-6-7(2,3)4/h5,8H,6H2,1-4H3. The molecule has 1 N–H and O–H groups in total. The Bertz CT molecular complexity index is 65.8. The molecular formula is C7H16NO. The molecule has 0 aliphatic rings. The highest BCUT2D eigenvalue weighted by molar-refractivity contribution is 4.58. The van der Waals surface area contributed by atoms with Crippen molar-refractivity contribution in [1.29, 1.82) is 0 Å². The summed E-state index contributed by atoms with van der Waals surface area (Å²) in [6.07, 6.45) is 0. The maximum Gasteiger partial charge on any atom is 0.0730 e. The van der Waals surface area contributed by atoms with Gasteiger partial charge in [0, 0.05) is 6.54 Å². The molecule has 0 aromatic heterocycles. The zero-order chi connectivity index (χ0) is 7.33. The minimum absolute atomic E-state index is 0.246. The third-order valence-electron chi connectivity index (χ3n) is 0.706. The van der Waals surface area contributed by atoms with Crippen LogP contribution in [0.15, 0.2) is 0 Å². The lowest BCUT2D eigenvalue weighted by Crippen LogP contribution is -2.20. The van der Waals surface area contributed by atoms with Gasteiger partial charge in [-0.05, 0) is 12.3 Å². The minimum Gasteiger partial charge on any atom is -0.301 e. The van der Waals surface area contributed by atoms with Gasteiger partial charge in [-0.15, -0.1) is 0 Å². The molecule has 0 aromatic carbocycles. The predicted octanol–water partition coefficient (Wildman–Crippen LogP) is 1.74. The first-order chi connectivity index (χ1) is 4.06. The van der Waals surface area contributed by atoms with Gasteiger partial charge in [-0.1, -0.05) is 20.8 Å². The highest BCUT2D eigenvalue weighted by Gasteiger charge is 2.09. The van der Waals surface area contributed by atoms with Gasteiger partial charge in [0.2, 0.25) is 0 Å². The Morgan fingerprint density at radius 3 is 2.33 bits per heavy atom. The number of hydrogen-bond acceptors (Lipinski definition) is 2. The Balaban J connectivity index is 3.07. The molecule has 9 heavy (non-hydrogen) atoms. The number of nitrogens with one attached hydrogen (secondary N) is 1. The quantitative estimate of drug-likeness (QED) is 0.464. The van der Waals surface area contributed by atoms with Gasteiger partial charge in [0.05, 0.1) is 6.61 Å². The Morgan fingerprint density at radius 1 is 1.44 bits per heavy atom. The second-order valence-corrected chi connectivity index (χ2v) is 3.26. The van der Waals surface area contributed by atoms with Gasteiger partial charge in [0.15, 0.2) is 0 Å². The van der Waals surface area contributed by atoms with Gasteiger partial charge < -0.3 is 4.84 Å². The lowest BCUT2D eigenvalue weighted by molar-refractivity contribution is 0.0120. The normalized spacial score (nSPS) is 12.0. The van der Waals surface area contributed by atoms with Crippen LogP contribution in [0, 0.1) is 12.0 Å². The Labute approximate surface area is 57.5 Å². The van der Waals surface area contributed by atoms with Crippen LogP contribution >= 0.6 is 0 Å². The molecule has 55 valence electrons. The Morgan fingerprint density at radius 2 is 2.00 bits per heavy atom. The summed E-state index contributed by atoms with van der Waals surface area (Å²) in [5, 5.41) is 0. The van der Waals surface area contributed by atoms with Crippen molar-refractivity contribution in [2.75, 3.05) is 6.61 Å². The molecule has 0 atom stereocenters. The van der Waals surface area contributed by atoms with Crippen LogP contribution in [0.25, 0.3) is 0 Å². The molecule has 0 heterocycles. The molecule has 0 saturated heterocycles. The molecule has 0 amide bonds. The number of rotatable bonds is 3. The zero-order valence-electron chi connectivity index (χ0n) is 6.69. The number of hydrogen-bond donors (Lipinski definition) is 1. The maximum atomic E-state index is 5.04. The van der Waals surface area contributed by atoms with Crippen LogP contribution in [0.5, 0.6) is 0 Å². The first-order valence-electron chi connectivity index (χ1n) is 3.21. The Kier molecular flexibility index (Phi) is 3.82. The molecular weight excluding hydrogens is 114 g/mol. The topological polar surface area (TPSA) is 21.3 Å². The van der Waals surface area contributed by atoms with Crippen molar-refractivity contribution >= 4 is 0 Å². The molecule has 0 fully saturated rings. The average Bonchev–Trinajstić information content (AvgIpc) is 1.63. The molecule has 0 rings (SSSR count). The van der Waals surface area contributed by atoms with Crippen LogP contribution in [0.4, 0.5) is 0 Å². The van der Waals surface area contributed by atoms with Gasteiger partial charge in [-0.3, -0.25) is 0 Å². The van der Waals surface area contributed by atoms with Gasteiger partial charge in [-0.2, -0.15) is 5.48 Å². The summed E-state index contributed by atoms with van der Waals surface area (Å²) in [6, 6.07) is 0. The predicted molar refractivity (Wildman–Crippen MR) is 38.5 cm³/mol. The van der Waals surface area contributed by atoms with Gasteiger partial charge in [0.1, 0.15) is 0 Å². The fourth-order valence-corrected chi connectivity index (χ4v) is 0.342. The second kappa shape index (κ2) is 3.85. The van der Waals surface area contributed by atoms with Crippen molar-refractivity contribution in [2.45, 2.75) is 27.7 Å². The SMILES string of the molecule is C[CH]NOCC(C)(C)C. The molecule has 2 heteroatoms. The summed E-state index contributed by atoms with van der Waals surface area (Å²) < 4.78 is 0. The molecule has 0 unspecified atom stereocenters. The van der Waals surface area contributed by atoms with Crippen molar-refractivity contribution in [3.8, 4) is 0 Å². The summed E-state index contributed by atoms with van der Waals surface area (Å²) in [6.45, 7) is 10.8.